The van der Waals surface area contributed by atoms with Gasteiger partial charge >= 0.3 is 0 Å². The largest absolute Gasteiger partial charge is 0.347 e. The first-order valence-corrected chi connectivity index (χ1v) is 7.40. The van der Waals surface area contributed by atoms with Crippen molar-refractivity contribution < 1.29 is 9.59 Å². The topological polar surface area (TPSA) is 84.0 Å². The highest BCUT2D eigenvalue weighted by atomic mass is 32.1. The first-order valence-electron chi connectivity index (χ1n) is 6.59. The summed E-state index contributed by atoms with van der Waals surface area (Å²) >= 11 is 1.36. The van der Waals surface area contributed by atoms with E-state index in [0.717, 1.165) is 11.4 Å². The zero-order chi connectivity index (χ0) is 15.3. The summed E-state index contributed by atoms with van der Waals surface area (Å²) in [6, 6.07) is 0. The molecule has 2 amide bonds. The molecule has 0 saturated carbocycles. The summed E-state index contributed by atoms with van der Waals surface area (Å²) in [7, 11) is 0. The van der Waals surface area contributed by atoms with E-state index in [1.165, 1.54) is 11.3 Å². The molecule has 1 rings (SSSR count). The van der Waals surface area contributed by atoms with E-state index in [1.54, 1.807) is 20.8 Å². The Labute approximate surface area is 123 Å². The second-order valence-electron chi connectivity index (χ2n) is 6.08. The number of hydrogen-bond donors (Lipinski definition) is 2. The van der Waals surface area contributed by atoms with Crippen LogP contribution in [0, 0.1) is 11.3 Å². The van der Waals surface area contributed by atoms with Gasteiger partial charge in [-0.1, -0.05) is 46.0 Å². The molecule has 0 unspecified atom stereocenters. The quantitative estimate of drug-likeness (QED) is 0.868. The van der Waals surface area contributed by atoms with Gasteiger partial charge in [-0.25, -0.2) is 0 Å². The number of aromatic nitrogens is 2. The van der Waals surface area contributed by atoms with Gasteiger partial charge in [0.1, 0.15) is 5.01 Å². The number of nitrogens with zero attached hydrogens (tertiary/aromatic N) is 2. The van der Waals surface area contributed by atoms with Crippen molar-refractivity contribution in [1.29, 1.82) is 0 Å². The summed E-state index contributed by atoms with van der Waals surface area (Å²) in [5, 5.41) is 14.5. The lowest BCUT2D eigenvalue weighted by Gasteiger charge is -2.17. The Morgan fingerprint density at radius 2 is 1.90 bits per heavy atom. The van der Waals surface area contributed by atoms with Crippen LogP contribution in [0.2, 0.25) is 0 Å². The van der Waals surface area contributed by atoms with Gasteiger partial charge in [-0.15, -0.1) is 10.2 Å². The molecule has 0 radical (unpaired) electrons. The maximum atomic E-state index is 11.7. The third-order valence-corrected chi connectivity index (χ3v) is 3.25. The molecule has 0 spiro atoms. The molecule has 112 valence electrons. The third-order valence-electron chi connectivity index (χ3n) is 2.39. The fourth-order valence-electron chi connectivity index (χ4n) is 1.33. The molecule has 0 aliphatic carbocycles. The maximum Gasteiger partial charge on any atom is 0.245 e. The molecular weight excluding hydrogens is 276 g/mol. The second kappa shape index (κ2) is 6.78. The van der Waals surface area contributed by atoms with Gasteiger partial charge in [0.2, 0.25) is 16.9 Å². The van der Waals surface area contributed by atoms with Crippen molar-refractivity contribution in [2.45, 2.75) is 41.0 Å². The first-order chi connectivity index (χ1) is 9.18. The van der Waals surface area contributed by atoms with Crippen LogP contribution in [0.4, 0.5) is 5.13 Å². The van der Waals surface area contributed by atoms with Crippen LogP contribution in [-0.2, 0) is 16.0 Å². The number of amides is 2. The van der Waals surface area contributed by atoms with E-state index >= 15 is 0 Å². The van der Waals surface area contributed by atoms with Crippen molar-refractivity contribution >= 4 is 28.3 Å². The van der Waals surface area contributed by atoms with Gasteiger partial charge in [-0.3, -0.25) is 14.9 Å². The number of rotatable bonds is 5. The van der Waals surface area contributed by atoms with Crippen molar-refractivity contribution in [3.63, 3.8) is 0 Å². The van der Waals surface area contributed by atoms with Gasteiger partial charge in [0, 0.05) is 11.8 Å². The number of carbonyl (C=O) groups is 2. The molecule has 0 atom stereocenters. The fourth-order valence-corrected chi connectivity index (χ4v) is 2.29. The Kier molecular flexibility index (Phi) is 5.62. The van der Waals surface area contributed by atoms with Crippen LogP contribution in [0.3, 0.4) is 0 Å². The highest BCUT2D eigenvalue weighted by Crippen LogP contribution is 2.18. The second-order valence-corrected chi connectivity index (χ2v) is 7.14. The Balaban J connectivity index is 2.43. The van der Waals surface area contributed by atoms with Crippen LogP contribution in [0.25, 0.3) is 0 Å². The number of anilines is 1. The lowest BCUT2D eigenvalue weighted by Crippen LogP contribution is -2.39. The Morgan fingerprint density at radius 3 is 2.45 bits per heavy atom. The average molecular weight is 298 g/mol. The summed E-state index contributed by atoms with van der Waals surface area (Å²) in [5.41, 5.74) is -0.506. The molecule has 1 aromatic heterocycles. The molecule has 0 aliphatic heterocycles. The number of nitrogens with one attached hydrogen (secondary N) is 2. The van der Waals surface area contributed by atoms with Gasteiger partial charge in [-0.05, 0) is 5.92 Å². The average Bonchev–Trinajstić information content (AvgIpc) is 2.71. The SMILES string of the molecule is CC(C)Cc1nnc(NC(=O)CNC(=O)C(C)(C)C)s1. The Morgan fingerprint density at radius 1 is 1.25 bits per heavy atom. The molecule has 20 heavy (non-hydrogen) atoms. The zero-order valence-corrected chi connectivity index (χ0v) is 13.4. The molecular formula is C13H22N4O2S. The smallest absolute Gasteiger partial charge is 0.245 e. The summed E-state index contributed by atoms with van der Waals surface area (Å²) < 4.78 is 0. The molecule has 1 aromatic rings. The van der Waals surface area contributed by atoms with Gasteiger partial charge in [0.25, 0.3) is 0 Å². The van der Waals surface area contributed by atoms with Gasteiger partial charge in [-0.2, -0.15) is 0 Å². The Hall–Kier alpha value is -1.50. The molecule has 0 aromatic carbocycles. The fraction of sp³-hybridized carbons (Fsp3) is 0.692. The number of hydrogen-bond acceptors (Lipinski definition) is 5. The summed E-state index contributed by atoms with van der Waals surface area (Å²) in [5.74, 6) is 0.0397. The van der Waals surface area contributed by atoms with Gasteiger partial charge in [0.05, 0.1) is 6.54 Å². The molecule has 6 nitrogen and oxygen atoms in total. The van der Waals surface area contributed by atoms with Crippen molar-refractivity contribution in [3.8, 4) is 0 Å². The first kappa shape index (κ1) is 16.6. The monoisotopic (exact) mass is 298 g/mol. The van der Waals surface area contributed by atoms with Crippen LogP contribution < -0.4 is 10.6 Å². The molecule has 7 heteroatoms. The lowest BCUT2D eigenvalue weighted by molar-refractivity contribution is -0.130. The van der Waals surface area contributed by atoms with Crippen LogP contribution in [0.5, 0.6) is 0 Å². The minimum atomic E-state index is -0.506. The van der Waals surface area contributed by atoms with Crippen LogP contribution >= 0.6 is 11.3 Å². The zero-order valence-electron chi connectivity index (χ0n) is 12.6. The van der Waals surface area contributed by atoms with Crippen molar-refractivity contribution in [2.24, 2.45) is 11.3 Å². The minimum Gasteiger partial charge on any atom is -0.347 e. The molecule has 0 saturated heterocycles. The van der Waals surface area contributed by atoms with E-state index in [4.69, 9.17) is 0 Å². The maximum absolute atomic E-state index is 11.7. The van der Waals surface area contributed by atoms with E-state index in [9.17, 15) is 9.59 Å². The summed E-state index contributed by atoms with van der Waals surface area (Å²) in [4.78, 5) is 23.3. The van der Waals surface area contributed by atoms with Crippen LogP contribution in [0.1, 0.15) is 39.6 Å². The van der Waals surface area contributed by atoms with Crippen molar-refractivity contribution in [1.82, 2.24) is 15.5 Å². The predicted octanol–water partition coefficient (Wildman–Crippen LogP) is 1.84. The Bertz CT molecular complexity index is 477. The van der Waals surface area contributed by atoms with E-state index in [1.807, 2.05) is 0 Å². The van der Waals surface area contributed by atoms with Crippen LogP contribution in [-0.4, -0.2) is 28.6 Å². The summed E-state index contributed by atoms with van der Waals surface area (Å²) in [6.07, 6.45) is 0.842. The van der Waals surface area contributed by atoms with E-state index in [2.05, 4.69) is 34.7 Å². The van der Waals surface area contributed by atoms with E-state index in [-0.39, 0.29) is 18.4 Å². The standard InChI is InChI=1S/C13H22N4O2S/c1-8(2)6-10-16-17-12(20-10)15-9(18)7-14-11(19)13(3,4)5/h8H,6-7H2,1-5H3,(H,14,19)(H,15,17,18). The predicted molar refractivity (Wildman–Crippen MR) is 79.5 cm³/mol. The van der Waals surface area contributed by atoms with Crippen molar-refractivity contribution in [3.05, 3.63) is 5.01 Å². The highest BCUT2D eigenvalue weighted by molar-refractivity contribution is 7.15. The van der Waals surface area contributed by atoms with Gasteiger partial charge < -0.3 is 5.32 Å². The highest BCUT2D eigenvalue weighted by Gasteiger charge is 2.21. The number of carbonyl (C=O) groups excluding carboxylic acids is 2. The lowest BCUT2D eigenvalue weighted by atomic mass is 9.96. The normalized spacial score (nSPS) is 11.5. The third kappa shape index (κ3) is 5.64. The van der Waals surface area contributed by atoms with E-state index in [0.29, 0.717) is 11.0 Å². The van der Waals surface area contributed by atoms with Crippen molar-refractivity contribution in [2.75, 3.05) is 11.9 Å². The molecule has 0 aliphatic rings. The van der Waals surface area contributed by atoms with Gasteiger partial charge in [0.15, 0.2) is 0 Å². The van der Waals surface area contributed by atoms with Crippen LogP contribution in [0.15, 0.2) is 0 Å². The molecule has 2 N–H and O–H groups in total. The molecule has 0 fully saturated rings. The molecule has 1 heterocycles. The minimum absolute atomic E-state index is 0.0603. The molecule has 0 bridgehead atoms. The summed E-state index contributed by atoms with van der Waals surface area (Å²) in [6.45, 7) is 9.52. The van der Waals surface area contributed by atoms with E-state index < -0.39 is 5.41 Å².